The standard InChI is InChI=1S/C28H24Cl3IN2O3S/c1-3-11-34-27(35)25(38-28(34)33-20-8-6-19(29)7-9-20)15-18-13-23(32)26(24(14-18)36-4-2)37-16-17-5-10-21(30)22(31)12-17/h5-10,12-15H,3-4,11,16H2,1-2H3/b25-15-,33-28?. The lowest BCUT2D eigenvalue weighted by molar-refractivity contribution is -0.122. The summed E-state index contributed by atoms with van der Waals surface area (Å²) in [7, 11) is 0. The van der Waals surface area contributed by atoms with Crippen molar-refractivity contribution in [1.82, 2.24) is 4.90 Å². The van der Waals surface area contributed by atoms with Crippen LogP contribution in [0, 0.1) is 3.57 Å². The zero-order valence-corrected chi connectivity index (χ0v) is 25.9. The van der Waals surface area contributed by atoms with Crippen molar-refractivity contribution in [1.29, 1.82) is 0 Å². The van der Waals surface area contributed by atoms with E-state index >= 15 is 0 Å². The van der Waals surface area contributed by atoms with E-state index in [1.54, 1.807) is 29.2 Å². The van der Waals surface area contributed by atoms with E-state index in [1.807, 2.05) is 50.3 Å². The van der Waals surface area contributed by atoms with Crippen molar-refractivity contribution < 1.29 is 14.3 Å². The lowest BCUT2D eigenvalue weighted by Gasteiger charge is -2.15. The molecule has 0 spiro atoms. The van der Waals surface area contributed by atoms with E-state index in [0.29, 0.717) is 56.4 Å². The summed E-state index contributed by atoms with van der Waals surface area (Å²) in [5, 5.41) is 2.26. The van der Waals surface area contributed by atoms with Gasteiger partial charge in [0.25, 0.3) is 5.91 Å². The Morgan fingerprint density at radius 3 is 2.45 bits per heavy atom. The maximum Gasteiger partial charge on any atom is 0.266 e. The van der Waals surface area contributed by atoms with Gasteiger partial charge in [-0.3, -0.25) is 9.69 Å². The van der Waals surface area contributed by atoms with E-state index in [0.717, 1.165) is 26.8 Å². The van der Waals surface area contributed by atoms with Gasteiger partial charge in [-0.05, 0) is 113 Å². The molecule has 0 N–H and O–H groups in total. The van der Waals surface area contributed by atoms with Crippen molar-refractivity contribution in [2.24, 2.45) is 4.99 Å². The molecule has 1 amide bonds. The second-order valence-corrected chi connectivity index (χ2v) is 11.7. The van der Waals surface area contributed by atoms with Crippen molar-refractivity contribution in [3.63, 3.8) is 0 Å². The summed E-state index contributed by atoms with van der Waals surface area (Å²) >= 11 is 21.8. The van der Waals surface area contributed by atoms with Crippen LogP contribution in [0.2, 0.25) is 15.1 Å². The highest BCUT2D eigenvalue weighted by molar-refractivity contribution is 14.1. The van der Waals surface area contributed by atoms with Crippen LogP contribution in [0.4, 0.5) is 5.69 Å². The molecule has 198 valence electrons. The van der Waals surface area contributed by atoms with E-state index in [-0.39, 0.29) is 5.91 Å². The minimum atomic E-state index is -0.0718. The fourth-order valence-electron chi connectivity index (χ4n) is 3.65. The summed E-state index contributed by atoms with van der Waals surface area (Å²) in [6.07, 6.45) is 2.68. The van der Waals surface area contributed by atoms with Gasteiger partial charge in [0, 0.05) is 11.6 Å². The number of thioether (sulfide) groups is 1. The summed E-state index contributed by atoms with van der Waals surface area (Å²) in [5.41, 5.74) is 2.46. The third-order valence-corrected chi connectivity index (χ3v) is 8.18. The predicted octanol–water partition coefficient (Wildman–Crippen LogP) is 9.24. The minimum Gasteiger partial charge on any atom is -0.490 e. The molecule has 0 aliphatic carbocycles. The summed E-state index contributed by atoms with van der Waals surface area (Å²) in [6, 6.07) is 16.5. The van der Waals surface area contributed by atoms with Gasteiger partial charge in [-0.15, -0.1) is 0 Å². The van der Waals surface area contributed by atoms with Crippen molar-refractivity contribution in [2.45, 2.75) is 26.9 Å². The van der Waals surface area contributed by atoms with Gasteiger partial charge < -0.3 is 9.47 Å². The summed E-state index contributed by atoms with van der Waals surface area (Å²) in [4.78, 5) is 20.3. The smallest absolute Gasteiger partial charge is 0.266 e. The van der Waals surface area contributed by atoms with Crippen LogP contribution < -0.4 is 9.47 Å². The van der Waals surface area contributed by atoms with Crippen molar-refractivity contribution in [2.75, 3.05) is 13.2 Å². The summed E-state index contributed by atoms with van der Waals surface area (Å²) < 4.78 is 12.9. The molecule has 0 bridgehead atoms. The number of nitrogens with zero attached hydrogens (tertiary/aromatic N) is 2. The van der Waals surface area contributed by atoms with E-state index in [2.05, 4.69) is 22.6 Å². The molecule has 0 unspecified atom stereocenters. The number of amidine groups is 1. The zero-order valence-electron chi connectivity index (χ0n) is 20.6. The molecule has 10 heteroatoms. The number of amides is 1. The van der Waals surface area contributed by atoms with Crippen LogP contribution in [0.5, 0.6) is 11.5 Å². The highest BCUT2D eigenvalue weighted by atomic mass is 127. The molecule has 0 atom stereocenters. The minimum absolute atomic E-state index is 0.0718. The van der Waals surface area contributed by atoms with Crippen LogP contribution in [0.3, 0.4) is 0 Å². The number of carbonyl (C=O) groups is 1. The molecule has 1 saturated heterocycles. The topological polar surface area (TPSA) is 51.1 Å². The van der Waals surface area contributed by atoms with E-state index in [1.165, 1.54) is 11.8 Å². The van der Waals surface area contributed by atoms with Crippen LogP contribution in [0.1, 0.15) is 31.4 Å². The number of carbonyl (C=O) groups excluding carboxylic acids is 1. The first-order valence-corrected chi connectivity index (χ1v) is 14.9. The van der Waals surface area contributed by atoms with Gasteiger partial charge in [0.2, 0.25) is 0 Å². The Labute approximate surface area is 255 Å². The molecular weight excluding hydrogens is 678 g/mol. The third-order valence-electron chi connectivity index (χ3n) is 5.38. The number of hydrogen-bond acceptors (Lipinski definition) is 5. The van der Waals surface area contributed by atoms with Crippen LogP contribution in [0.25, 0.3) is 6.08 Å². The number of ether oxygens (including phenoxy) is 2. The van der Waals surface area contributed by atoms with E-state index in [9.17, 15) is 4.79 Å². The molecule has 3 aromatic rings. The van der Waals surface area contributed by atoms with Gasteiger partial charge in [-0.2, -0.15) is 0 Å². The first kappa shape index (κ1) is 29.1. The number of rotatable bonds is 9. The molecule has 5 nitrogen and oxygen atoms in total. The predicted molar refractivity (Wildman–Crippen MR) is 167 cm³/mol. The Hall–Kier alpha value is -1.91. The maximum atomic E-state index is 13.3. The van der Waals surface area contributed by atoms with Gasteiger partial charge in [0.05, 0.1) is 30.8 Å². The van der Waals surface area contributed by atoms with Gasteiger partial charge in [0.15, 0.2) is 16.7 Å². The van der Waals surface area contributed by atoms with Crippen LogP contribution >= 0.6 is 69.2 Å². The van der Waals surface area contributed by atoms with Gasteiger partial charge >= 0.3 is 0 Å². The average molecular weight is 702 g/mol. The zero-order chi connectivity index (χ0) is 27.2. The number of halogens is 4. The first-order valence-electron chi connectivity index (χ1n) is 11.9. The number of hydrogen-bond donors (Lipinski definition) is 0. The first-order chi connectivity index (χ1) is 18.3. The molecule has 38 heavy (non-hydrogen) atoms. The third kappa shape index (κ3) is 7.18. The van der Waals surface area contributed by atoms with Gasteiger partial charge in [-0.1, -0.05) is 47.8 Å². The lowest BCUT2D eigenvalue weighted by Crippen LogP contribution is -2.29. The SMILES string of the molecule is CCCN1C(=O)/C(=C/c2cc(I)c(OCc3ccc(Cl)c(Cl)c3)c(OCC)c2)SC1=Nc1ccc(Cl)cc1. The van der Waals surface area contributed by atoms with Crippen molar-refractivity contribution in [3.05, 3.63) is 89.3 Å². The maximum absolute atomic E-state index is 13.3. The molecule has 4 rings (SSSR count). The monoisotopic (exact) mass is 700 g/mol. The second-order valence-electron chi connectivity index (χ2n) is 8.24. The molecule has 1 aliphatic heterocycles. The fourth-order valence-corrected chi connectivity index (χ4v) is 5.90. The molecule has 0 aromatic heterocycles. The van der Waals surface area contributed by atoms with Gasteiger partial charge in [-0.25, -0.2) is 4.99 Å². The molecular formula is C28H24Cl3IN2O3S. The quantitative estimate of drug-likeness (QED) is 0.165. The van der Waals surface area contributed by atoms with Crippen molar-refractivity contribution >= 4 is 92.0 Å². The Morgan fingerprint density at radius 2 is 1.76 bits per heavy atom. The molecule has 1 fully saturated rings. The Balaban J connectivity index is 1.61. The number of aliphatic imine (C=N–C) groups is 1. The molecule has 1 heterocycles. The largest absolute Gasteiger partial charge is 0.490 e. The summed E-state index contributed by atoms with van der Waals surface area (Å²) in [6.45, 7) is 5.30. The van der Waals surface area contributed by atoms with E-state index < -0.39 is 0 Å². The molecule has 1 aliphatic rings. The molecule has 0 radical (unpaired) electrons. The highest BCUT2D eigenvalue weighted by Crippen LogP contribution is 2.39. The lowest BCUT2D eigenvalue weighted by atomic mass is 10.1. The average Bonchev–Trinajstić information content (AvgIpc) is 3.16. The molecule has 3 aromatic carbocycles. The number of benzene rings is 3. The van der Waals surface area contributed by atoms with Crippen LogP contribution in [-0.2, 0) is 11.4 Å². The van der Waals surface area contributed by atoms with Gasteiger partial charge in [0.1, 0.15) is 6.61 Å². The second kappa shape index (κ2) is 13.4. The Morgan fingerprint density at radius 1 is 1.00 bits per heavy atom. The van der Waals surface area contributed by atoms with Crippen molar-refractivity contribution in [3.8, 4) is 11.5 Å². The summed E-state index contributed by atoms with van der Waals surface area (Å²) in [5.74, 6) is 1.16. The Kier molecular flexibility index (Phi) is 10.3. The van der Waals surface area contributed by atoms with Crippen LogP contribution in [0.15, 0.2) is 64.5 Å². The van der Waals surface area contributed by atoms with Crippen LogP contribution in [-0.4, -0.2) is 29.1 Å². The highest BCUT2D eigenvalue weighted by Gasteiger charge is 2.33. The Bertz CT molecular complexity index is 1400. The van der Waals surface area contributed by atoms with E-state index in [4.69, 9.17) is 49.3 Å². The fraction of sp³-hybridized carbons (Fsp3) is 0.214. The normalized spacial score (nSPS) is 15.5. The molecule has 0 saturated carbocycles.